The fourth-order valence-electron chi connectivity index (χ4n) is 3.73. The lowest BCUT2D eigenvalue weighted by atomic mass is 9.87. The molecule has 164 valence electrons. The molecule has 1 atom stereocenters. The molecule has 0 bridgehead atoms. The number of alkyl carbamates (subject to hydrolysis) is 1. The molecular weight excluding hydrogens is 372 g/mol. The number of nitrogens with zero attached hydrogens (tertiary/aromatic N) is 2. The van der Waals surface area contributed by atoms with Crippen molar-refractivity contribution in [2.45, 2.75) is 84.3 Å². The SMILES string of the molecule is CC1CCC(n2cnc(CC(CCCNC(=O)OC(C)(C)C)C(=O)ON)c2)CC1. The normalized spacial score (nSPS) is 20.7. The van der Waals surface area contributed by atoms with Crippen molar-refractivity contribution in [3.63, 3.8) is 0 Å². The van der Waals surface area contributed by atoms with E-state index in [-0.39, 0.29) is 0 Å². The number of imidazole rings is 1. The second-order valence-electron chi connectivity index (χ2n) is 9.13. The molecule has 3 N–H and O–H groups in total. The minimum absolute atomic E-state index is 0.393. The highest BCUT2D eigenvalue weighted by Gasteiger charge is 2.24. The highest BCUT2D eigenvalue weighted by molar-refractivity contribution is 5.72. The lowest BCUT2D eigenvalue weighted by Crippen LogP contribution is -2.33. The van der Waals surface area contributed by atoms with Crippen molar-refractivity contribution in [1.29, 1.82) is 0 Å². The van der Waals surface area contributed by atoms with Gasteiger partial charge in [-0.2, -0.15) is 5.90 Å². The Morgan fingerprint density at radius 1 is 1.31 bits per heavy atom. The monoisotopic (exact) mass is 408 g/mol. The van der Waals surface area contributed by atoms with Crippen LogP contribution in [-0.4, -0.2) is 33.8 Å². The fraction of sp³-hybridized carbons (Fsp3) is 0.762. The molecule has 1 unspecified atom stereocenters. The number of aromatic nitrogens is 2. The van der Waals surface area contributed by atoms with Gasteiger partial charge in [0.1, 0.15) is 5.60 Å². The number of carbonyl (C=O) groups is 2. The zero-order valence-electron chi connectivity index (χ0n) is 18.1. The molecular formula is C21H36N4O4. The van der Waals surface area contributed by atoms with E-state index in [0.717, 1.165) is 11.6 Å². The molecule has 0 aromatic carbocycles. The summed E-state index contributed by atoms with van der Waals surface area (Å²) in [5, 5.41) is 2.70. The molecule has 1 aromatic heterocycles. The zero-order valence-corrected chi connectivity index (χ0v) is 18.1. The largest absolute Gasteiger partial charge is 0.444 e. The van der Waals surface area contributed by atoms with Crippen LogP contribution in [0.4, 0.5) is 4.79 Å². The van der Waals surface area contributed by atoms with Gasteiger partial charge < -0.3 is 19.5 Å². The molecule has 1 heterocycles. The predicted octanol–water partition coefficient (Wildman–Crippen LogP) is 3.51. The van der Waals surface area contributed by atoms with Crippen molar-refractivity contribution in [3.8, 4) is 0 Å². The second-order valence-corrected chi connectivity index (χ2v) is 9.13. The summed E-state index contributed by atoms with van der Waals surface area (Å²) in [7, 11) is 0. The first-order valence-corrected chi connectivity index (χ1v) is 10.6. The molecule has 0 saturated heterocycles. The maximum atomic E-state index is 12.1. The third kappa shape index (κ3) is 8.04. The second kappa shape index (κ2) is 10.6. The van der Waals surface area contributed by atoms with Crippen LogP contribution >= 0.6 is 0 Å². The molecule has 0 radical (unpaired) electrons. The first-order valence-electron chi connectivity index (χ1n) is 10.6. The number of nitrogens with one attached hydrogen (secondary N) is 1. The molecule has 1 saturated carbocycles. The van der Waals surface area contributed by atoms with Crippen molar-refractivity contribution < 1.29 is 19.2 Å². The molecule has 1 aliphatic carbocycles. The summed E-state index contributed by atoms with van der Waals surface area (Å²) < 4.78 is 7.38. The Bertz CT molecular complexity index is 660. The molecule has 1 fully saturated rings. The number of nitrogens with two attached hydrogens (primary N) is 1. The topological polar surface area (TPSA) is 108 Å². The molecule has 1 aliphatic rings. The van der Waals surface area contributed by atoms with E-state index in [0.29, 0.717) is 31.8 Å². The van der Waals surface area contributed by atoms with E-state index in [4.69, 9.17) is 10.6 Å². The number of hydrogen-bond acceptors (Lipinski definition) is 6. The standard InChI is InChI=1S/C21H36N4O4/c1-15-7-9-18(10-8-15)25-13-17(24-14-25)12-16(19(26)29-22)6-5-11-23-20(27)28-21(2,3)4/h13-16,18H,5-12,22H2,1-4H3,(H,23,27). The molecule has 1 amide bonds. The van der Waals surface area contributed by atoms with Crippen molar-refractivity contribution >= 4 is 12.1 Å². The third-order valence-corrected chi connectivity index (χ3v) is 5.36. The van der Waals surface area contributed by atoms with E-state index in [1.807, 2.05) is 33.3 Å². The first-order chi connectivity index (χ1) is 13.7. The third-order valence-electron chi connectivity index (χ3n) is 5.36. The van der Waals surface area contributed by atoms with Crippen LogP contribution in [-0.2, 0) is 20.8 Å². The Balaban J connectivity index is 1.83. The summed E-state index contributed by atoms with van der Waals surface area (Å²) in [5.41, 5.74) is 0.324. The lowest BCUT2D eigenvalue weighted by Gasteiger charge is -2.26. The molecule has 2 rings (SSSR count). The van der Waals surface area contributed by atoms with Crippen LogP contribution in [0.3, 0.4) is 0 Å². The predicted molar refractivity (Wildman–Crippen MR) is 110 cm³/mol. The van der Waals surface area contributed by atoms with Gasteiger partial charge in [-0.25, -0.2) is 9.78 Å². The summed E-state index contributed by atoms with van der Waals surface area (Å²) in [4.78, 5) is 32.7. The Labute approximate surface area is 173 Å². The van der Waals surface area contributed by atoms with Gasteiger partial charge in [-0.15, -0.1) is 0 Å². The average Bonchev–Trinajstić information content (AvgIpc) is 3.11. The quantitative estimate of drug-likeness (QED) is 0.503. The minimum atomic E-state index is -0.537. The molecule has 29 heavy (non-hydrogen) atoms. The van der Waals surface area contributed by atoms with Crippen LogP contribution in [0.15, 0.2) is 12.5 Å². The van der Waals surface area contributed by atoms with Crippen molar-refractivity contribution in [2.24, 2.45) is 17.7 Å². The zero-order chi connectivity index (χ0) is 21.4. The number of rotatable bonds is 8. The Morgan fingerprint density at radius 2 is 2.00 bits per heavy atom. The van der Waals surface area contributed by atoms with Gasteiger partial charge >= 0.3 is 12.1 Å². The van der Waals surface area contributed by atoms with Crippen LogP contribution in [0.1, 0.15) is 78.0 Å². The summed E-state index contributed by atoms with van der Waals surface area (Å²) in [6, 6.07) is 0.491. The maximum absolute atomic E-state index is 12.1. The van der Waals surface area contributed by atoms with E-state index >= 15 is 0 Å². The van der Waals surface area contributed by atoms with Crippen molar-refractivity contribution in [2.75, 3.05) is 6.54 Å². The highest BCUT2D eigenvalue weighted by Crippen LogP contribution is 2.32. The van der Waals surface area contributed by atoms with E-state index in [1.165, 1.54) is 25.7 Å². The molecule has 0 spiro atoms. The van der Waals surface area contributed by atoms with E-state index < -0.39 is 23.6 Å². The molecule has 1 aromatic rings. The minimum Gasteiger partial charge on any atom is -0.444 e. The smallest absolute Gasteiger partial charge is 0.407 e. The van der Waals surface area contributed by atoms with Crippen LogP contribution in [0.5, 0.6) is 0 Å². The van der Waals surface area contributed by atoms with Gasteiger partial charge in [0.05, 0.1) is 17.9 Å². The van der Waals surface area contributed by atoms with Crippen LogP contribution < -0.4 is 11.2 Å². The number of hydrogen-bond donors (Lipinski definition) is 2. The van der Waals surface area contributed by atoms with Crippen LogP contribution in [0.25, 0.3) is 0 Å². The van der Waals surface area contributed by atoms with Gasteiger partial charge in [-0.05, 0) is 65.2 Å². The number of carbonyl (C=O) groups excluding carboxylic acids is 2. The maximum Gasteiger partial charge on any atom is 0.407 e. The van der Waals surface area contributed by atoms with Gasteiger partial charge in [-0.3, -0.25) is 4.79 Å². The van der Waals surface area contributed by atoms with Gasteiger partial charge in [0.25, 0.3) is 0 Å². The van der Waals surface area contributed by atoms with E-state index in [9.17, 15) is 9.59 Å². The van der Waals surface area contributed by atoms with Gasteiger partial charge in [-0.1, -0.05) is 6.92 Å². The molecule has 8 heteroatoms. The lowest BCUT2D eigenvalue weighted by molar-refractivity contribution is -0.149. The summed E-state index contributed by atoms with van der Waals surface area (Å²) >= 11 is 0. The summed E-state index contributed by atoms with van der Waals surface area (Å²) in [5.74, 6) is 5.07. The Hall–Kier alpha value is -2.09. The van der Waals surface area contributed by atoms with Crippen LogP contribution in [0, 0.1) is 11.8 Å². The van der Waals surface area contributed by atoms with E-state index in [1.54, 1.807) is 0 Å². The van der Waals surface area contributed by atoms with Crippen molar-refractivity contribution in [3.05, 3.63) is 18.2 Å². The first kappa shape index (κ1) is 23.2. The summed E-state index contributed by atoms with van der Waals surface area (Å²) in [6.45, 7) is 8.15. The Kier molecular flexibility index (Phi) is 8.49. The van der Waals surface area contributed by atoms with E-state index in [2.05, 4.69) is 26.6 Å². The van der Waals surface area contributed by atoms with Gasteiger partial charge in [0, 0.05) is 25.2 Å². The number of amides is 1. The summed E-state index contributed by atoms with van der Waals surface area (Å²) in [6.07, 6.45) is 9.88. The molecule has 0 aliphatic heterocycles. The van der Waals surface area contributed by atoms with Crippen molar-refractivity contribution in [1.82, 2.24) is 14.9 Å². The average molecular weight is 409 g/mol. The number of ether oxygens (including phenoxy) is 1. The van der Waals surface area contributed by atoms with Gasteiger partial charge in [0.15, 0.2) is 0 Å². The highest BCUT2D eigenvalue weighted by atomic mass is 16.7. The van der Waals surface area contributed by atoms with Crippen LogP contribution in [0.2, 0.25) is 0 Å². The van der Waals surface area contributed by atoms with Gasteiger partial charge in [0.2, 0.25) is 0 Å². The fourth-order valence-corrected chi connectivity index (χ4v) is 3.73. The Morgan fingerprint density at radius 3 is 2.62 bits per heavy atom. The molecule has 8 nitrogen and oxygen atoms in total.